The molecule has 218 valence electrons. The summed E-state index contributed by atoms with van der Waals surface area (Å²) in [6, 6.07) is 22.7. The van der Waals surface area contributed by atoms with Gasteiger partial charge in [-0.05, 0) is 70.0 Å². The summed E-state index contributed by atoms with van der Waals surface area (Å²) in [6.45, 7) is -0.370. The molecule has 42 heavy (non-hydrogen) atoms. The Kier molecular flexibility index (Phi) is 10.7. The molecule has 4 aromatic rings. The molecule has 0 aliphatic carbocycles. The van der Waals surface area contributed by atoms with Crippen LogP contribution in [-0.2, 0) is 21.4 Å². The highest BCUT2D eigenvalue weighted by Crippen LogP contribution is 2.37. The molecule has 1 N–H and O–H groups in total. The molecular weight excluding hydrogens is 689 g/mol. The molecule has 0 spiro atoms. The van der Waals surface area contributed by atoms with Crippen molar-refractivity contribution in [3.63, 3.8) is 0 Å². The molecule has 1 amide bonds. The van der Waals surface area contributed by atoms with Crippen LogP contribution in [0.25, 0.3) is 0 Å². The first kappa shape index (κ1) is 31.7. The predicted octanol–water partition coefficient (Wildman–Crippen LogP) is 7.34. The number of rotatable bonds is 11. The van der Waals surface area contributed by atoms with Crippen LogP contribution in [0.1, 0.15) is 11.1 Å². The van der Waals surface area contributed by atoms with Crippen molar-refractivity contribution in [3.05, 3.63) is 116 Å². The van der Waals surface area contributed by atoms with Gasteiger partial charge in [-0.3, -0.25) is 9.10 Å². The molecule has 0 unspecified atom stereocenters. The molecule has 0 heterocycles. The number of sulfonamides is 1. The van der Waals surface area contributed by atoms with Crippen LogP contribution in [0.15, 0.2) is 99.4 Å². The van der Waals surface area contributed by atoms with E-state index in [0.29, 0.717) is 26.6 Å². The Morgan fingerprint density at radius 2 is 1.64 bits per heavy atom. The Morgan fingerprint density at radius 1 is 0.976 bits per heavy atom. The zero-order chi connectivity index (χ0) is 30.3. The van der Waals surface area contributed by atoms with E-state index >= 15 is 0 Å². The van der Waals surface area contributed by atoms with Crippen molar-refractivity contribution in [2.45, 2.75) is 11.5 Å². The highest BCUT2D eigenvalue weighted by molar-refractivity contribution is 9.10. The van der Waals surface area contributed by atoms with E-state index in [2.05, 4.69) is 26.5 Å². The molecule has 0 saturated carbocycles. The van der Waals surface area contributed by atoms with Gasteiger partial charge in [0.15, 0.2) is 11.5 Å². The highest BCUT2D eigenvalue weighted by atomic mass is 79.9. The van der Waals surface area contributed by atoms with Crippen molar-refractivity contribution in [2.75, 3.05) is 18.0 Å². The van der Waals surface area contributed by atoms with E-state index in [1.807, 2.05) is 18.2 Å². The molecule has 8 nitrogen and oxygen atoms in total. The van der Waals surface area contributed by atoms with E-state index in [4.69, 9.17) is 44.3 Å². The van der Waals surface area contributed by atoms with Crippen molar-refractivity contribution in [2.24, 2.45) is 5.10 Å². The standard InChI is InChI=1S/C29H23BrCl3N3O5S/c1-40-27-12-19(11-25(30)29(27)41-18-20-7-5-6-10-26(20)33)16-34-35-28(37)17-36(23-14-21(31)13-22(32)15-23)42(38,39)24-8-3-2-4-9-24/h2-16H,17-18H2,1H3,(H,35,37)/b34-16-. The number of hydrazone groups is 1. The van der Waals surface area contributed by atoms with Gasteiger partial charge in [0.1, 0.15) is 13.2 Å². The Morgan fingerprint density at radius 3 is 2.31 bits per heavy atom. The summed E-state index contributed by atoms with van der Waals surface area (Å²) in [4.78, 5) is 12.9. The highest BCUT2D eigenvalue weighted by Gasteiger charge is 2.27. The van der Waals surface area contributed by atoms with Crippen LogP contribution in [0.4, 0.5) is 5.69 Å². The molecule has 4 aromatic carbocycles. The van der Waals surface area contributed by atoms with Crippen LogP contribution >= 0.6 is 50.7 Å². The minimum atomic E-state index is -4.15. The molecule has 0 atom stereocenters. The Bertz CT molecular complexity index is 1700. The van der Waals surface area contributed by atoms with Gasteiger partial charge in [0.25, 0.3) is 15.9 Å². The summed E-state index contributed by atoms with van der Waals surface area (Å²) in [6.07, 6.45) is 1.38. The normalized spacial score (nSPS) is 11.4. The van der Waals surface area contributed by atoms with Crippen molar-refractivity contribution >= 4 is 78.6 Å². The van der Waals surface area contributed by atoms with Crippen molar-refractivity contribution in [1.29, 1.82) is 0 Å². The summed E-state index contributed by atoms with van der Waals surface area (Å²) in [5, 5.41) is 5.00. The number of hydrogen-bond acceptors (Lipinski definition) is 6. The summed E-state index contributed by atoms with van der Waals surface area (Å²) in [7, 11) is -2.65. The topological polar surface area (TPSA) is 97.3 Å². The minimum Gasteiger partial charge on any atom is -0.493 e. The zero-order valence-corrected chi connectivity index (χ0v) is 26.6. The lowest BCUT2D eigenvalue weighted by atomic mass is 10.2. The number of carbonyl (C=O) groups is 1. The Labute approximate surface area is 267 Å². The molecule has 13 heteroatoms. The number of anilines is 1. The third-order valence-corrected chi connectivity index (χ3v) is 8.92. The number of methoxy groups -OCH3 is 1. The maximum atomic E-state index is 13.5. The van der Waals surface area contributed by atoms with Crippen LogP contribution in [0.3, 0.4) is 0 Å². The van der Waals surface area contributed by atoms with E-state index < -0.39 is 22.5 Å². The van der Waals surface area contributed by atoms with E-state index in [0.717, 1.165) is 9.87 Å². The lowest BCUT2D eigenvalue weighted by molar-refractivity contribution is -0.119. The van der Waals surface area contributed by atoms with Gasteiger partial charge < -0.3 is 9.47 Å². The van der Waals surface area contributed by atoms with Crippen LogP contribution < -0.4 is 19.2 Å². The second-order valence-corrected chi connectivity index (χ2v) is 12.7. The number of halogens is 4. The number of hydrogen-bond donors (Lipinski definition) is 1. The molecule has 0 saturated heterocycles. The van der Waals surface area contributed by atoms with E-state index in [9.17, 15) is 13.2 Å². The fraction of sp³-hybridized carbons (Fsp3) is 0.103. The number of benzene rings is 4. The summed E-state index contributed by atoms with van der Waals surface area (Å²) >= 11 is 22.0. The minimum absolute atomic E-state index is 0.00816. The summed E-state index contributed by atoms with van der Waals surface area (Å²) in [5.74, 6) is 0.176. The van der Waals surface area contributed by atoms with Gasteiger partial charge in [0.05, 0.1) is 28.4 Å². The fourth-order valence-corrected chi connectivity index (χ4v) is 6.49. The smallest absolute Gasteiger partial charge is 0.264 e. The van der Waals surface area contributed by atoms with Gasteiger partial charge in [0.2, 0.25) is 0 Å². The number of nitrogens with one attached hydrogen (secondary N) is 1. The molecule has 0 fully saturated rings. The Hall–Kier alpha value is -3.28. The van der Waals surface area contributed by atoms with Gasteiger partial charge >= 0.3 is 0 Å². The monoisotopic (exact) mass is 709 g/mol. The molecule has 0 radical (unpaired) electrons. The lowest BCUT2D eigenvalue weighted by Crippen LogP contribution is -2.39. The fourth-order valence-electron chi connectivity index (χ4n) is 3.78. The van der Waals surface area contributed by atoms with Gasteiger partial charge in [-0.2, -0.15) is 5.10 Å². The van der Waals surface area contributed by atoms with Crippen LogP contribution in [-0.4, -0.2) is 34.2 Å². The van der Waals surface area contributed by atoms with Gasteiger partial charge in [0, 0.05) is 20.6 Å². The molecule has 0 aromatic heterocycles. The second-order valence-electron chi connectivity index (χ2n) is 8.66. The first-order valence-electron chi connectivity index (χ1n) is 12.2. The summed E-state index contributed by atoms with van der Waals surface area (Å²) in [5.41, 5.74) is 3.87. The van der Waals surface area contributed by atoms with E-state index in [1.165, 1.54) is 43.7 Å². The molecule has 0 aliphatic heterocycles. The number of ether oxygens (including phenoxy) is 2. The van der Waals surface area contributed by atoms with E-state index in [1.54, 1.807) is 36.4 Å². The van der Waals surface area contributed by atoms with Crippen LogP contribution in [0.5, 0.6) is 11.5 Å². The van der Waals surface area contributed by atoms with E-state index in [-0.39, 0.29) is 27.2 Å². The first-order valence-corrected chi connectivity index (χ1v) is 15.5. The first-order chi connectivity index (χ1) is 20.1. The number of amides is 1. The SMILES string of the molecule is COc1cc(/C=N\NC(=O)CN(c2cc(Cl)cc(Cl)c2)S(=O)(=O)c2ccccc2)cc(Br)c1OCc1ccccc1Cl. The van der Waals surface area contributed by atoms with Gasteiger partial charge in [-0.15, -0.1) is 0 Å². The lowest BCUT2D eigenvalue weighted by Gasteiger charge is -2.24. The zero-order valence-electron chi connectivity index (χ0n) is 21.9. The second kappa shape index (κ2) is 14.3. The maximum Gasteiger partial charge on any atom is 0.264 e. The van der Waals surface area contributed by atoms with Crippen molar-refractivity contribution < 1.29 is 22.7 Å². The third kappa shape index (κ3) is 7.96. The quantitative estimate of drug-likeness (QED) is 0.130. The molecule has 0 bridgehead atoms. The van der Waals surface area contributed by atoms with Gasteiger partial charge in [-0.1, -0.05) is 71.2 Å². The average Bonchev–Trinajstić information content (AvgIpc) is 2.95. The third-order valence-electron chi connectivity index (χ3n) is 5.74. The van der Waals surface area contributed by atoms with Gasteiger partial charge in [-0.25, -0.2) is 13.8 Å². The predicted molar refractivity (Wildman–Crippen MR) is 170 cm³/mol. The molecule has 4 rings (SSSR count). The number of nitrogens with zero attached hydrogens (tertiary/aromatic N) is 2. The van der Waals surface area contributed by atoms with Crippen LogP contribution in [0, 0.1) is 0 Å². The summed E-state index contributed by atoms with van der Waals surface area (Å²) < 4.78 is 39.9. The van der Waals surface area contributed by atoms with Crippen LogP contribution in [0.2, 0.25) is 15.1 Å². The van der Waals surface area contributed by atoms with Crippen molar-refractivity contribution in [1.82, 2.24) is 5.43 Å². The maximum absolute atomic E-state index is 13.5. The average molecular weight is 712 g/mol. The molecular formula is C29H23BrCl3N3O5S. The Balaban J connectivity index is 1.50. The van der Waals surface area contributed by atoms with Crippen molar-refractivity contribution in [3.8, 4) is 11.5 Å². The largest absolute Gasteiger partial charge is 0.493 e. The number of carbonyl (C=O) groups excluding carboxylic acids is 1. The molecule has 0 aliphatic rings.